The number of hydrogen-bond donors (Lipinski definition) is 1. The summed E-state index contributed by atoms with van der Waals surface area (Å²) in [5.74, 6) is 1.75. The molecule has 0 saturated carbocycles. The summed E-state index contributed by atoms with van der Waals surface area (Å²) in [4.78, 5) is 4.39. The van der Waals surface area contributed by atoms with Crippen LogP contribution in [0.15, 0.2) is 35.2 Å². The van der Waals surface area contributed by atoms with Gasteiger partial charge in [-0.1, -0.05) is 6.92 Å². The number of aromatic nitrogens is 2. The molecule has 0 fully saturated rings. The molecule has 0 aromatic carbocycles. The fourth-order valence-corrected chi connectivity index (χ4v) is 2.48. The third-order valence-electron chi connectivity index (χ3n) is 3.41. The summed E-state index contributed by atoms with van der Waals surface area (Å²) in [5, 5.41) is 3.62. The highest BCUT2D eigenvalue weighted by Gasteiger charge is 2.20. The Bertz CT molecular complexity index is 551. The first-order valence-corrected chi connectivity index (χ1v) is 8.28. The van der Waals surface area contributed by atoms with E-state index in [-0.39, 0.29) is 11.3 Å². The molecule has 0 spiro atoms. The predicted molar refractivity (Wildman–Crippen MR) is 79.9 cm³/mol. The molecule has 1 N–H and O–H groups in total. The van der Waals surface area contributed by atoms with Crippen LogP contribution in [0.4, 0.5) is 0 Å². The molecule has 0 aliphatic rings. The minimum Gasteiger partial charge on any atom is -0.467 e. The molecule has 110 valence electrons. The van der Waals surface area contributed by atoms with Gasteiger partial charge >= 0.3 is 0 Å². The van der Waals surface area contributed by atoms with Crippen molar-refractivity contribution in [1.29, 1.82) is 0 Å². The van der Waals surface area contributed by atoms with Gasteiger partial charge < -0.3 is 14.3 Å². The number of aryl methyl sites for hydroxylation is 1. The van der Waals surface area contributed by atoms with E-state index >= 15 is 0 Å². The molecule has 2 aromatic heterocycles. The molecule has 3 unspecified atom stereocenters. The molecular formula is C14H21N3O2S. The van der Waals surface area contributed by atoms with E-state index < -0.39 is 10.8 Å². The van der Waals surface area contributed by atoms with E-state index in [4.69, 9.17) is 4.42 Å². The quantitative estimate of drug-likeness (QED) is 0.847. The fraction of sp³-hybridized carbons (Fsp3) is 0.500. The normalized spacial score (nSPS) is 15.9. The van der Waals surface area contributed by atoms with Crippen molar-refractivity contribution in [3.05, 3.63) is 42.4 Å². The zero-order valence-corrected chi connectivity index (χ0v) is 12.9. The van der Waals surface area contributed by atoms with Gasteiger partial charge in [0.25, 0.3) is 0 Å². The van der Waals surface area contributed by atoms with Crippen molar-refractivity contribution in [2.24, 2.45) is 7.05 Å². The Labute approximate surface area is 121 Å². The number of furan rings is 1. The Kier molecular flexibility index (Phi) is 5.14. The van der Waals surface area contributed by atoms with E-state index in [9.17, 15) is 4.21 Å². The number of imidazole rings is 1. The maximum absolute atomic E-state index is 11.4. The monoisotopic (exact) mass is 295 g/mol. The van der Waals surface area contributed by atoms with Crippen molar-refractivity contribution in [2.45, 2.75) is 24.6 Å². The van der Waals surface area contributed by atoms with Crippen molar-refractivity contribution in [3.63, 3.8) is 0 Å². The van der Waals surface area contributed by atoms with Crippen LogP contribution in [0.2, 0.25) is 0 Å². The molecule has 2 rings (SSSR count). The van der Waals surface area contributed by atoms with Crippen molar-refractivity contribution in [2.75, 3.05) is 12.8 Å². The standard InChI is InChI=1S/C14H21N3O2S/c1-11(20(3)18)6-7-15-13(12-5-4-10-19-12)14-16-8-9-17(14)2/h4-5,8-11,13,15H,6-7H2,1-3H3. The van der Waals surface area contributed by atoms with Crippen molar-refractivity contribution in [3.8, 4) is 0 Å². The molecule has 0 aliphatic carbocycles. The molecule has 2 aromatic rings. The lowest BCUT2D eigenvalue weighted by molar-refractivity contribution is 0.428. The van der Waals surface area contributed by atoms with E-state index in [1.54, 1.807) is 18.7 Å². The summed E-state index contributed by atoms with van der Waals surface area (Å²) in [5.41, 5.74) is 0. The maximum Gasteiger partial charge on any atom is 0.133 e. The summed E-state index contributed by atoms with van der Waals surface area (Å²) < 4.78 is 18.9. The number of nitrogens with zero attached hydrogens (tertiary/aromatic N) is 2. The van der Waals surface area contributed by atoms with Crippen LogP contribution in [0, 0.1) is 0 Å². The number of nitrogens with one attached hydrogen (secondary N) is 1. The van der Waals surface area contributed by atoms with E-state index in [1.165, 1.54) is 0 Å². The fourth-order valence-electron chi connectivity index (χ4n) is 2.03. The minimum atomic E-state index is -0.787. The highest BCUT2D eigenvalue weighted by Crippen LogP contribution is 2.20. The molecule has 0 radical (unpaired) electrons. The minimum absolute atomic E-state index is 0.0810. The number of rotatable bonds is 7. The molecule has 0 aliphatic heterocycles. The van der Waals surface area contributed by atoms with Crippen LogP contribution < -0.4 is 5.32 Å². The maximum atomic E-state index is 11.4. The lowest BCUT2D eigenvalue weighted by Gasteiger charge is -2.17. The van der Waals surface area contributed by atoms with E-state index in [0.717, 1.165) is 24.6 Å². The van der Waals surface area contributed by atoms with Gasteiger partial charge in [0, 0.05) is 41.7 Å². The van der Waals surface area contributed by atoms with E-state index in [0.29, 0.717) is 0 Å². The van der Waals surface area contributed by atoms with Crippen LogP contribution in [-0.4, -0.2) is 31.8 Å². The Morgan fingerprint density at radius 3 is 2.90 bits per heavy atom. The van der Waals surface area contributed by atoms with Crippen LogP contribution in [0.25, 0.3) is 0 Å². The summed E-state index contributed by atoms with van der Waals surface area (Å²) >= 11 is 0. The van der Waals surface area contributed by atoms with E-state index in [1.807, 2.05) is 36.9 Å². The summed E-state index contributed by atoms with van der Waals surface area (Å²) in [6.07, 6.45) is 7.95. The topological polar surface area (TPSA) is 60.1 Å². The second-order valence-corrected chi connectivity index (χ2v) is 6.70. The molecule has 6 heteroatoms. The molecular weight excluding hydrogens is 274 g/mol. The Morgan fingerprint density at radius 2 is 2.35 bits per heavy atom. The second-order valence-electron chi connectivity index (χ2n) is 4.90. The van der Waals surface area contributed by atoms with Gasteiger partial charge in [-0.15, -0.1) is 0 Å². The van der Waals surface area contributed by atoms with Gasteiger partial charge in [-0.05, 0) is 25.1 Å². The average molecular weight is 295 g/mol. The third kappa shape index (κ3) is 3.58. The molecule has 3 atom stereocenters. The molecule has 0 saturated heterocycles. The third-order valence-corrected chi connectivity index (χ3v) is 4.78. The molecule has 0 bridgehead atoms. The van der Waals surface area contributed by atoms with Crippen molar-refractivity contribution in [1.82, 2.24) is 14.9 Å². The zero-order valence-electron chi connectivity index (χ0n) is 12.1. The molecule has 0 amide bonds. The molecule has 2 heterocycles. The van der Waals surface area contributed by atoms with Gasteiger partial charge in [0.05, 0.1) is 6.26 Å². The first-order valence-electron chi connectivity index (χ1n) is 6.66. The van der Waals surface area contributed by atoms with Crippen LogP contribution in [0.1, 0.15) is 31.0 Å². The highest BCUT2D eigenvalue weighted by molar-refractivity contribution is 7.84. The summed E-state index contributed by atoms with van der Waals surface area (Å²) in [6, 6.07) is 3.73. The van der Waals surface area contributed by atoms with Crippen LogP contribution >= 0.6 is 0 Å². The Hall–Kier alpha value is -1.40. The molecule has 5 nitrogen and oxygen atoms in total. The predicted octanol–water partition coefficient (Wildman–Crippen LogP) is 1.85. The van der Waals surface area contributed by atoms with Crippen LogP contribution in [0.5, 0.6) is 0 Å². The van der Waals surface area contributed by atoms with Gasteiger partial charge in [0.15, 0.2) is 0 Å². The second kappa shape index (κ2) is 6.85. The van der Waals surface area contributed by atoms with E-state index in [2.05, 4.69) is 10.3 Å². The van der Waals surface area contributed by atoms with Crippen LogP contribution in [-0.2, 0) is 17.8 Å². The number of hydrogen-bond acceptors (Lipinski definition) is 4. The average Bonchev–Trinajstić information content (AvgIpc) is 3.06. The van der Waals surface area contributed by atoms with Crippen molar-refractivity contribution < 1.29 is 8.63 Å². The lowest BCUT2D eigenvalue weighted by atomic mass is 10.2. The van der Waals surface area contributed by atoms with Gasteiger partial charge in [0.1, 0.15) is 17.6 Å². The van der Waals surface area contributed by atoms with Gasteiger partial charge in [-0.2, -0.15) is 0 Å². The Morgan fingerprint density at radius 1 is 1.55 bits per heavy atom. The first-order chi connectivity index (χ1) is 9.59. The summed E-state index contributed by atoms with van der Waals surface area (Å²) in [7, 11) is 1.17. The largest absolute Gasteiger partial charge is 0.467 e. The molecule has 20 heavy (non-hydrogen) atoms. The smallest absolute Gasteiger partial charge is 0.133 e. The van der Waals surface area contributed by atoms with Gasteiger partial charge in [-0.25, -0.2) is 4.98 Å². The highest BCUT2D eigenvalue weighted by atomic mass is 32.2. The summed E-state index contributed by atoms with van der Waals surface area (Å²) in [6.45, 7) is 2.76. The van der Waals surface area contributed by atoms with Gasteiger partial charge in [0.2, 0.25) is 0 Å². The zero-order chi connectivity index (χ0) is 14.5. The lowest BCUT2D eigenvalue weighted by Crippen LogP contribution is -2.28. The first kappa shape index (κ1) is 15.0. The van der Waals surface area contributed by atoms with Gasteiger partial charge in [-0.3, -0.25) is 4.21 Å². The SMILES string of the molecule is CC(CCNC(c1ccco1)c1nccn1C)S(C)=O. The Balaban J connectivity index is 2.05. The van der Waals surface area contributed by atoms with Crippen LogP contribution in [0.3, 0.4) is 0 Å². The van der Waals surface area contributed by atoms with Crippen molar-refractivity contribution >= 4 is 10.8 Å².